The van der Waals surface area contributed by atoms with Crippen molar-refractivity contribution < 1.29 is 28.2 Å². The van der Waals surface area contributed by atoms with E-state index in [2.05, 4.69) is 19.2 Å². The van der Waals surface area contributed by atoms with Crippen LogP contribution in [0.3, 0.4) is 0 Å². The van der Waals surface area contributed by atoms with Gasteiger partial charge >= 0.3 is 5.97 Å². The van der Waals surface area contributed by atoms with Gasteiger partial charge in [0.05, 0.1) is 26.5 Å². The number of amides is 1. The van der Waals surface area contributed by atoms with Gasteiger partial charge in [0.25, 0.3) is 5.91 Å². The van der Waals surface area contributed by atoms with Crippen LogP contribution in [0.2, 0.25) is 0 Å². The maximum atomic E-state index is 12.3. The van der Waals surface area contributed by atoms with Crippen LogP contribution in [0.4, 0.5) is 0 Å². The highest BCUT2D eigenvalue weighted by Gasteiger charge is 2.13. The molecule has 0 aliphatic rings. The molecule has 2 aromatic carbocycles. The summed E-state index contributed by atoms with van der Waals surface area (Å²) in [6.45, 7) is 4.82. The summed E-state index contributed by atoms with van der Waals surface area (Å²) < 4.78 is 21.7. The predicted octanol–water partition coefficient (Wildman–Crippen LogP) is 5.40. The van der Waals surface area contributed by atoms with Crippen molar-refractivity contribution in [2.75, 3.05) is 13.7 Å². The van der Waals surface area contributed by atoms with Crippen LogP contribution < -0.4 is 19.5 Å². The largest absolute Gasteiger partial charge is 0.494 e. The number of hydrogen-bond acceptors (Lipinski definition) is 7. The van der Waals surface area contributed by atoms with Crippen LogP contribution in [0.1, 0.15) is 49.5 Å². The lowest BCUT2D eigenvalue weighted by molar-refractivity contribution is -0.134. The lowest BCUT2D eigenvalue weighted by Gasteiger charge is -2.11. The van der Waals surface area contributed by atoms with Crippen molar-refractivity contribution in [1.82, 2.24) is 5.32 Å². The van der Waals surface area contributed by atoms with Gasteiger partial charge in [-0.1, -0.05) is 32.0 Å². The number of nitrogens with one attached hydrogen (secondary N) is 1. The van der Waals surface area contributed by atoms with Crippen molar-refractivity contribution in [2.24, 2.45) is 0 Å². The number of ether oxygens (including phenoxy) is 3. The Hall–Kier alpha value is -4.51. The number of furan rings is 1. The van der Waals surface area contributed by atoms with Gasteiger partial charge in [-0.2, -0.15) is 5.26 Å². The van der Waals surface area contributed by atoms with Crippen molar-refractivity contribution >= 4 is 18.0 Å². The van der Waals surface area contributed by atoms with Crippen LogP contribution in [0.25, 0.3) is 6.08 Å². The second-order valence-corrected chi connectivity index (χ2v) is 8.49. The van der Waals surface area contributed by atoms with Crippen LogP contribution in [0.15, 0.2) is 70.9 Å². The van der Waals surface area contributed by atoms with Crippen molar-refractivity contribution in [3.8, 4) is 23.3 Å². The molecule has 3 rings (SSSR count). The first-order valence-electron chi connectivity index (χ1n) is 11.9. The van der Waals surface area contributed by atoms with Gasteiger partial charge in [0.1, 0.15) is 23.2 Å². The first-order valence-corrected chi connectivity index (χ1v) is 11.9. The number of benzene rings is 2. The van der Waals surface area contributed by atoms with Crippen LogP contribution in [0, 0.1) is 11.3 Å². The molecule has 0 saturated carbocycles. The van der Waals surface area contributed by atoms with E-state index in [-0.39, 0.29) is 24.3 Å². The minimum Gasteiger partial charge on any atom is -0.494 e. The van der Waals surface area contributed by atoms with Gasteiger partial charge in [-0.25, -0.2) is 0 Å². The number of carbonyl (C=O) groups is 2. The molecule has 0 saturated heterocycles. The van der Waals surface area contributed by atoms with E-state index >= 15 is 0 Å². The lowest BCUT2D eigenvalue weighted by Crippen LogP contribution is -2.23. The number of carbonyl (C=O) groups excluding carboxylic acids is 2. The highest BCUT2D eigenvalue weighted by Crippen LogP contribution is 2.29. The molecule has 1 amide bonds. The molecule has 0 bridgehead atoms. The first-order chi connectivity index (χ1) is 17.9. The van der Waals surface area contributed by atoms with E-state index in [0.29, 0.717) is 36.0 Å². The first kappa shape index (κ1) is 27.1. The molecule has 8 heteroatoms. The molecule has 0 atom stereocenters. The molecule has 1 aromatic heterocycles. The maximum Gasteiger partial charge on any atom is 0.311 e. The molecular weight excluding hydrogens is 472 g/mol. The van der Waals surface area contributed by atoms with E-state index in [0.717, 1.165) is 5.75 Å². The minimum atomic E-state index is -0.536. The monoisotopic (exact) mass is 502 g/mol. The van der Waals surface area contributed by atoms with Crippen molar-refractivity contribution in [2.45, 2.75) is 39.2 Å². The quantitative estimate of drug-likeness (QED) is 0.116. The third kappa shape index (κ3) is 8.29. The Balaban J connectivity index is 1.52. The van der Waals surface area contributed by atoms with Crippen LogP contribution in [0.5, 0.6) is 17.2 Å². The number of methoxy groups -OCH3 is 1. The average molecular weight is 503 g/mol. The average Bonchev–Trinajstić information content (AvgIpc) is 3.43. The predicted molar refractivity (Wildman–Crippen MR) is 138 cm³/mol. The van der Waals surface area contributed by atoms with Gasteiger partial charge in [0, 0.05) is 6.42 Å². The summed E-state index contributed by atoms with van der Waals surface area (Å²) in [5.41, 5.74) is 1.69. The van der Waals surface area contributed by atoms with Crippen molar-refractivity contribution in [3.63, 3.8) is 0 Å². The molecular formula is C29H30N2O6. The number of nitriles is 1. The topological polar surface area (TPSA) is 111 Å². The fourth-order valence-corrected chi connectivity index (χ4v) is 3.38. The number of nitrogens with zero attached hydrogens (tertiary/aromatic N) is 1. The molecule has 8 nitrogen and oxygen atoms in total. The molecule has 0 unspecified atom stereocenters. The van der Waals surface area contributed by atoms with Crippen LogP contribution in [-0.4, -0.2) is 25.6 Å². The number of hydrogen-bond donors (Lipinski definition) is 1. The summed E-state index contributed by atoms with van der Waals surface area (Å²) in [5.74, 6) is 1.38. The van der Waals surface area contributed by atoms with Gasteiger partial charge in [0.2, 0.25) is 0 Å². The summed E-state index contributed by atoms with van der Waals surface area (Å²) >= 11 is 0. The van der Waals surface area contributed by atoms with Crippen LogP contribution in [-0.2, 0) is 16.1 Å². The van der Waals surface area contributed by atoms with Gasteiger partial charge in [-0.15, -0.1) is 0 Å². The standard InChI is InChI=1S/C29H30N2O6/c1-20(2)22-9-11-24(12-10-22)35-15-5-7-28(32)37-26-13-8-21(17-27(26)34-3)16-23(18-30)29(33)31-19-25-6-4-14-36-25/h4,6,8-14,16-17,20H,5,7,15,19H2,1-3H3,(H,31,33)/b23-16+. The van der Waals surface area contributed by atoms with Gasteiger partial charge in [-0.05, 0) is 65.9 Å². The van der Waals surface area contributed by atoms with Gasteiger partial charge in [0.15, 0.2) is 11.5 Å². The summed E-state index contributed by atoms with van der Waals surface area (Å²) in [6.07, 6.45) is 3.59. The van der Waals surface area contributed by atoms with Crippen molar-refractivity contribution in [1.29, 1.82) is 5.26 Å². The minimum absolute atomic E-state index is 0.0859. The number of esters is 1. The Morgan fingerprint density at radius 1 is 1.11 bits per heavy atom. The highest BCUT2D eigenvalue weighted by molar-refractivity contribution is 6.01. The normalized spacial score (nSPS) is 11.1. The summed E-state index contributed by atoms with van der Waals surface area (Å²) in [7, 11) is 1.44. The third-order valence-electron chi connectivity index (χ3n) is 5.43. The summed E-state index contributed by atoms with van der Waals surface area (Å²) in [5, 5.41) is 12.0. The molecule has 0 aliphatic carbocycles. The Labute approximate surface area is 216 Å². The molecule has 1 heterocycles. The lowest BCUT2D eigenvalue weighted by atomic mass is 10.0. The molecule has 37 heavy (non-hydrogen) atoms. The van der Waals surface area contributed by atoms with Gasteiger partial charge < -0.3 is 23.9 Å². The fourth-order valence-electron chi connectivity index (χ4n) is 3.38. The number of rotatable bonds is 12. The summed E-state index contributed by atoms with van der Waals surface area (Å²) in [6, 6.07) is 18.0. The molecule has 192 valence electrons. The molecule has 0 fully saturated rings. The Bertz CT molecular complexity index is 1250. The second-order valence-electron chi connectivity index (χ2n) is 8.49. The third-order valence-corrected chi connectivity index (χ3v) is 5.43. The van der Waals surface area contributed by atoms with E-state index < -0.39 is 11.9 Å². The molecule has 1 N–H and O–H groups in total. The van der Waals surface area contributed by atoms with E-state index in [1.165, 1.54) is 25.0 Å². The van der Waals surface area contributed by atoms with E-state index in [4.69, 9.17) is 18.6 Å². The zero-order valence-corrected chi connectivity index (χ0v) is 21.2. The maximum absolute atomic E-state index is 12.3. The zero-order chi connectivity index (χ0) is 26.6. The Kier molecular flexibility index (Phi) is 9.91. The Morgan fingerprint density at radius 3 is 2.54 bits per heavy atom. The second kappa shape index (κ2) is 13.5. The zero-order valence-electron chi connectivity index (χ0n) is 21.2. The fraction of sp³-hybridized carbons (Fsp3) is 0.276. The highest BCUT2D eigenvalue weighted by atomic mass is 16.6. The molecule has 0 radical (unpaired) electrons. The van der Waals surface area contributed by atoms with Crippen LogP contribution >= 0.6 is 0 Å². The SMILES string of the molecule is COc1cc(/C=C(\C#N)C(=O)NCc2ccco2)ccc1OC(=O)CCCOc1ccc(C(C)C)cc1. The molecule has 0 aliphatic heterocycles. The van der Waals surface area contributed by atoms with E-state index in [1.54, 1.807) is 30.3 Å². The van der Waals surface area contributed by atoms with Crippen molar-refractivity contribution in [3.05, 3.63) is 83.3 Å². The smallest absolute Gasteiger partial charge is 0.311 e. The van der Waals surface area contributed by atoms with E-state index in [9.17, 15) is 14.9 Å². The summed E-state index contributed by atoms with van der Waals surface area (Å²) in [4.78, 5) is 24.7. The van der Waals surface area contributed by atoms with E-state index in [1.807, 2.05) is 30.3 Å². The Morgan fingerprint density at radius 2 is 1.89 bits per heavy atom. The van der Waals surface area contributed by atoms with Gasteiger partial charge in [-0.3, -0.25) is 9.59 Å². The molecule has 0 spiro atoms. The molecule has 3 aromatic rings.